The highest BCUT2D eigenvalue weighted by molar-refractivity contribution is 5.87. The van der Waals surface area contributed by atoms with Gasteiger partial charge in [0.25, 0.3) is 11.5 Å². The number of aromatic nitrogens is 2. The van der Waals surface area contributed by atoms with Gasteiger partial charge in [0.05, 0.1) is 17.4 Å². The quantitative estimate of drug-likeness (QED) is 0.546. The molecule has 3 aromatic rings. The summed E-state index contributed by atoms with van der Waals surface area (Å²) in [6.07, 6.45) is -6.22. The Morgan fingerprint density at radius 2 is 1.60 bits per heavy atom. The SMILES string of the molecule is O=C(NCc1nc2ccccc2c(=O)[nH]1)[C@@](O)(c1ccccc1)C(F)(F)C(F)(F)F. The van der Waals surface area contributed by atoms with Gasteiger partial charge in [-0.1, -0.05) is 42.5 Å². The highest BCUT2D eigenvalue weighted by Crippen LogP contribution is 2.48. The third-order valence-corrected chi connectivity index (χ3v) is 4.41. The second kappa shape index (κ2) is 7.48. The number of alkyl halides is 5. The zero-order chi connectivity index (χ0) is 22.2. The summed E-state index contributed by atoms with van der Waals surface area (Å²) in [6, 6.07) is 11.2. The molecule has 0 aliphatic heterocycles. The van der Waals surface area contributed by atoms with Crippen LogP contribution in [0.1, 0.15) is 11.4 Å². The number of nitrogens with one attached hydrogen (secondary N) is 2. The zero-order valence-corrected chi connectivity index (χ0v) is 15.0. The Hall–Kier alpha value is -3.34. The highest BCUT2D eigenvalue weighted by Gasteiger charge is 2.73. The average Bonchev–Trinajstić information content (AvgIpc) is 2.71. The average molecular weight is 427 g/mol. The molecule has 3 N–H and O–H groups in total. The van der Waals surface area contributed by atoms with Gasteiger partial charge in [-0.3, -0.25) is 9.59 Å². The lowest BCUT2D eigenvalue weighted by molar-refractivity contribution is -0.337. The van der Waals surface area contributed by atoms with Gasteiger partial charge in [-0.15, -0.1) is 0 Å². The van der Waals surface area contributed by atoms with Crippen LogP contribution >= 0.6 is 0 Å². The molecule has 1 atom stereocenters. The second-order valence-electron chi connectivity index (χ2n) is 6.36. The van der Waals surface area contributed by atoms with Crippen LogP contribution in [0.25, 0.3) is 10.9 Å². The number of aliphatic hydroxyl groups is 1. The van der Waals surface area contributed by atoms with Crippen molar-refractivity contribution in [1.29, 1.82) is 0 Å². The van der Waals surface area contributed by atoms with Crippen molar-refractivity contribution in [2.45, 2.75) is 24.2 Å². The molecule has 0 unspecified atom stereocenters. The van der Waals surface area contributed by atoms with Crippen LogP contribution in [0.3, 0.4) is 0 Å². The van der Waals surface area contributed by atoms with Crippen LogP contribution in [-0.4, -0.2) is 33.1 Å². The number of fused-ring (bicyclic) bond motifs is 1. The number of para-hydroxylation sites is 1. The van der Waals surface area contributed by atoms with E-state index < -0.39 is 41.3 Å². The van der Waals surface area contributed by atoms with E-state index in [4.69, 9.17) is 0 Å². The van der Waals surface area contributed by atoms with E-state index in [1.54, 1.807) is 17.4 Å². The Morgan fingerprint density at radius 1 is 1.00 bits per heavy atom. The summed E-state index contributed by atoms with van der Waals surface area (Å²) >= 11 is 0. The molecule has 0 saturated carbocycles. The van der Waals surface area contributed by atoms with Crippen LogP contribution < -0.4 is 10.9 Å². The van der Waals surface area contributed by atoms with Crippen molar-refractivity contribution in [3.63, 3.8) is 0 Å². The van der Waals surface area contributed by atoms with E-state index in [1.807, 2.05) is 0 Å². The Bertz CT molecular complexity index is 1130. The summed E-state index contributed by atoms with van der Waals surface area (Å²) in [5, 5.41) is 12.4. The van der Waals surface area contributed by atoms with E-state index in [-0.39, 0.29) is 16.7 Å². The fourth-order valence-electron chi connectivity index (χ4n) is 2.85. The van der Waals surface area contributed by atoms with E-state index in [9.17, 15) is 36.6 Å². The van der Waals surface area contributed by atoms with E-state index >= 15 is 0 Å². The molecule has 1 amide bonds. The molecule has 0 aliphatic carbocycles. The Labute approximate surface area is 165 Å². The van der Waals surface area contributed by atoms with Gasteiger partial charge >= 0.3 is 12.1 Å². The van der Waals surface area contributed by atoms with Crippen LogP contribution in [0.4, 0.5) is 22.0 Å². The molecule has 30 heavy (non-hydrogen) atoms. The maximum Gasteiger partial charge on any atom is 0.457 e. The molecule has 0 spiro atoms. The van der Waals surface area contributed by atoms with Gasteiger partial charge in [0.1, 0.15) is 5.82 Å². The standard InChI is InChI=1S/C19H14F5N3O3/c20-18(21,19(22,23)24)17(30,11-6-2-1-3-7-11)16(29)25-10-14-26-13-9-5-4-8-12(13)15(28)27-14/h1-9,30H,10H2,(H,25,29)(H,26,27,28)/t17-/m0/s1. The van der Waals surface area contributed by atoms with E-state index in [1.165, 1.54) is 18.2 Å². The van der Waals surface area contributed by atoms with Gasteiger partial charge in [0.2, 0.25) is 5.60 Å². The second-order valence-corrected chi connectivity index (χ2v) is 6.36. The van der Waals surface area contributed by atoms with Crippen molar-refractivity contribution >= 4 is 16.8 Å². The van der Waals surface area contributed by atoms with Gasteiger partial charge in [-0.25, -0.2) is 4.98 Å². The number of carbonyl (C=O) groups is 1. The van der Waals surface area contributed by atoms with Gasteiger partial charge in [0.15, 0.2) is 0 Å². The number of benzene rings is 2. The largest absolute Gasteiger partial charge is 0.457 e. The van der Waals surface area contributed by atoms with Gasteiger partial charge in [-0.2, -0.15) is 22.0 Å². The predicted octanol–water partition coefficient (Wildman–Crippen LogP) is 2.62. The molecule has 0 aliphatic rings. The Kier molecular flexibility index (Phi) is 5.33. The molecule has 2 aromatic carbocycles. The molecular formula is C19H14F5N3O3. The lowest BCUT2D eigenvalue weighted by Gasteiger charge is -2.35. The fourth-order valence-corrected chi connectivity index (χ4v) is 2.85. The number of nitrogens with zero attached hydrogens (tertiary/aromatic N) is 1. The van der Waals surface area contributed by atoms with Crippen molar-refractivity contribution in [3.05, 3.63) is 76.3 Å². The Balaban J connectivity index is 1.96. The van der Waals surface area contributed by atoms with Crippen LogP contribution in [0.2, 0.25) is 0 Å². The summed E-state index contributed by atoms with van der Waals surface area (Å²) in [5.41, 5.74) is -5.57. The van der Waals surface area contributed by atoms with Crippen molar-refractivity contribution in [2.75, 3.05) is 0 Å². The third kappa shape index (κ3) is 3.52. The van der Waals surface area contributed by atoms with Gasteiger partial charge in [0, 0.05) is 0 Å². The third-order valence-electron chi connectivity index (χ3n) is 4.41. The lowest BCUT2D eigenvalue weighted by atomic mass is 9.85. The molecule has 6 nitrogen and oxygen atoms in total. The molecule has 0 fully saturated rings. The minimum atomic E-state index is -6.22. The molecule has 0 bridgehead atoms. The number of aromatic amines is 1. The molecular weight excluding hydrogens is 413 g/mol. The Morgan fingerprint density at radius 3 is 2.23 bits per heavy atom. The molecule has 1 aromatic heterocycles. The summed E-state index contributed by atoms with van der Waals surface area (Å²) in [5.74, 6) is -8.01. The normalized spacial score (nSPS) is 14.3. The number of amides is 1. The summed E-state index contributed by atoms with van der Waals surface area (Å²) < 4.78 is 67.5. The van der Waals surface area contributed by atoms with Gasteiger partial charge in [-0.05, 0) is 17.7 Å². The molecule has 11 heteroatoms. The first-order chi connectivity index (χ1) is 14.0. The van der Waals surface area contributed by atoms with Crippen molar-refractivity contribution in [3.8, 4) is 0 Å². The predicted molar refractivity (Wildman–Crippen MR) is 95.6 cm³/mol. The number of H-pyrrole nitrogens is 1. The highest BCUT2D eigenvalue weighted by atomic mass is 19.4. The maximum absolute atomic E-state index is 14.2. The summed E-state index contributed by atoms with van der Waals surface area (Å²) in [4.78, 5) is 30.8. The minimum absolute atomic E-state index is 0.196. The number of carbonyl (C=O) groups excluding carboxylic acids is 1. The minimum Gasteiger partial charge on any atom is -0.370 e. The summed E-state index contributed by atoms with van der Waals surface area (Å²) in [6.45, 7) is -0.706. The number of hydrogen-bond acceptors (Lipinski definition) is 4. The molecule has 158 valence electrons. The number of hydrogen-bond donors (Lipinski definition) is 3. The van der Waals surface area contributed by atoms with Crippen molar-refractivity contribution < 1.29 is 31.9 Å². The number of rotatable bonds is 5. The first-order valence-corrected chi connectivity index (χ1v) is 8.47. The fraction of sp³-hybridized carbons (Fsp3) is 0.211. The van der Waals surface area contributed by atoms with Crippen LogP contribution in [0, 0.1) is 0 Å². The molecule has 0 saturated heterocycles. The maximum atomic E-state index is 14.2. The van der Waals surface area contributed by atoms with Crippen molar-refractivity contribution in [2.24, 2.45) is 0 Å². The van der Waals surface area contributed by atoms with Crippen LogP contribution in [0.5, 0.6) is 0 Å². The van der Waals surface area contributed by atoms with Crippen LogP contribution in [-0.2, 0) is 16.9 Å². The zero-order valence-electron chi connectivity index (χ0n) is 15.0. The first-order valence-electron chi connectivity index (χ1n) is 8.47. The van der Waals surface area contributed by atoms with Gasteiger partial charge < -0.3 is 15.4 Å². The van der Waals surface area contributed by atoms with Crippen LogP contribution in [0.15, 0.2) is 59.4 Å². The van der Waals surface area contributed by atoms with E-state index in [2.05, 4.69) is 9.97 Å². The molecule has 1 heterocycles. The monoisotopic (exact) mass is 427 g/mol. The first kappa shape index (κ1) is 21.4. The topological polar surface area (TPSA) is 95.1 Å². The van der Waals surface area contributed by atoms with Crippen molar-refractivity contribution in [1.82, 2.24) is 15.3 Å². The van der Waals surface area contributed by atoms with E-state index in [0.29, 0.717) is 0 Å². The lowest BCUT2D eigenvalue weighted by Crippen LogP contribution is -2.62. The smallest absolute Gasteiger partial charge is 0.370 e. The number of halogens is 5. The molecule has 0 radical (unpaired) electrons. The molecule has 3 rings (SSSR count). The van der Waals surface area contributed by atoms with E-state index in [0.717, 1.165) is 24.3 Å². The summed E-state index contributed by atoms with van der Waals surface area (Å²) in [7, 11) is 0.